The van der Waals surface area contributed by atoms with Crippen LogP contribution in [-0.4, -0.2) is 14.0 Å². The molecule has 31 heavy (non-hydrogen) atoms. The molecule has 0 unspecified atom stereocenters. The van der Waals surface area contributed by atoms with Crippen molar-refractivity contribution in [2.75, 3.05) is 0 Å². The minimum Gasteiger partial charge on any atom is -0.207 e. The summed E-state index contributed by atoms with van der Waals surface area (Å²) in [6.07, 6.45) is 3.08. The highest BCUT2D eigenvalue weighted by Gasteiger charge is 2.25. The van der Waals surface area contributed by atoms with E-state index in [0.29, 0.717) is 22.3 Å². The van der Waals surface area contributed by atoms with Gasteiger partial charge in [-0.15, -0.1) is 0 Å². The van der Waals surface area contributed by atoms with E-state index in [1.165, 1.54) is 18.2 Å². The monoisotopic (exact) mass is 438 g/mol. The first kappa shape index (κ1) is 24.3. The Labute approximate surface area is 184 Å². The van der Waals surface area contributed by atoms with E-state index in [1.54, 1.807) is 71.0 Å². The molecule has 0 saturated carbocycles. The van der Waals surface area contributed by atoms with Crippen molar-refractivity contribution in [3.63, 3.8) is 0 Å². The lowest BCUT2D eigenvalue weighted by Crippen LogP contribution is -2.40. The second-order valence-electron chi connectivity index (χ2n) is 8.38. The summed E-state index contributed by atoms with van der Waals surface area (Å²) in [5, 5.41) is 9.29. The smallest absolute Gasteiger partial charge is 0.207 e. The molecule has 0 radical (unpaired) electrons. The van der Waals surface area contributed by atoms with E-state index in [0.717, 1.165) is 5.57 Å². The molecule has 0 fully saturated rings. The highest BCUT2D eigenvalue weighted by molar-refractivity contribution is 7.89. The van der Waals surface area contributed by atoms with Crippen molar-refractivity contribution >= 4 is 15.6 Å². The molecule has 0 aromatic heterocycles. The van der Waals surface area contributed by atoms with Crippen LogP contribution in [0.3, 0.4) is 0 Å². The molecule has 1 N–H and O–H groups in total. The third-order valence-electron chi connectivity index (χ3n) is 4.39. The number of hydrogen-bond acceptors (Lipinski definition) is 3. The van der Waals surface area contributed by atoms with E-state index in [4.69, 9.17) is 0 Å². The Morgan fingerprint density at radius 3 is 2.32 bits per heavy atom. The second kappa shape index (κ2) is 9.42. The Balaban J connectivity index is 2.60. The number of nitrogens with zero attached hydrogens (tertiary/aromatic N) is 1. The van der Waals surface area contributed by atoms with Crippen molar-refractivity contribution < 1.29 is 12.8 Å². The van der Waals surface area contributed by atoms with Crippen LogP contribution >= 0.6 is 0 Å². The van der Waals surface area contributed by atoms with Crippen molar-refractivity contribution in [1.29, 1.82) is 5.26 Å². The fraction of sp³-hybridized carbons (Fsp3) is 0.240. The molecule has 2 rings (SSSR count). The highest BCUT2D eigenvalue weighted by Crippen LogP contribution is 2.31. The van der Waals surface area contributed by atoms with Crippen molar-refractivity contribution in [1.82, 2.24) is 4.72 Å². The zero-order chi connectivity index (χ0) is 23.4. The molecule has 0 spiro atoms. The maximum absolute atomic E-state index is 15.1. The number of nitrogens with one attached hydrogen (secondary N) is 1. The van der Waals surface area contributed by atoms with Gasteiger partial charge in [-0.25, -0.2) is 17.5 Å². The number of allylic oxidation sites excluding steroid dienone is 5. The Hall–Kier alpha value is -3.01. The van der Waals surface area contributed by atoms with Crippen molar-refractivity contribution in [2.45, 2.75) is 45.1 Å². The van der Waals surface area contributed by atoms with Gasteiger partial charge in [0.05, 0.1) is 16.5 Å². The van der Waals surface area contributed by atoms with E-state index in [2.05, 4.69) is 17.4 Å². The molecular formula is C25H27FN2O2S. The third-order valence-corrected chi connectivity index (χ3v) is 6.20. The Kier molecular flexibility index (Phi) is 7.37. The zero-order valence-electron chi connectivity index (χ0n) is 18.5. The van der Waals surface area contributed by atoms with Gasteiger partial charge in [-0.2, -0.15) is 5.26 Å². The van der Waals surface area contributed by atoms with Gasteiger partial charge in [0.1, 0.15) is 5.82 Å². The zero-order valence-corrected chi connectivity index (χ0v) is 19.3. The standard InChI is InChI=1S/C25H27FN2O2S/c1-7-18(14-20(16-27)17(2)3)21-13-12-19(15-23(21)26)22-10-8-9-11-24(22)31(29,30)28-25(4,5)6/h7-15,28H,1H2,2-6H3/b18-14+. The number of nitriles is 1. The van der Waals surface area contributed by atoms with Crippen molar-refractivity contribution in [3.8, 4) is 17.2 Å². The fourth-order valence-electron chi connectivity index (χ4n) is 3.00. The summed E-state index contributed by atoms with van der Waals surface area (Å²) in [5.41, 5.74) is 2.16. The van der Waals surface area contributed by atoms with Crippen LogP contribution in [0.5, 0.6) is 0 Å². The topological polar surface area (TPSA) is 70.0 Å². The number of halogens is 1. The van der Waals surface area contributed by atoms with Gasteiger partial charge in [-0.3, -0.25) is 0 Å². The predicted octanol–water partition coefficient (Wildman–Crippen LogP) is 6.00. The summed E-state index contributed by atoms with van der Waals surface area (Å²) < 4.78 is 43.5. The number of hydrogen-bond donors (Lipinski definition) is 1. The summed E-state index contributed by atoms with van der Waals surface area (Å²) in [6.45, 7) is 12.6. The maximum Gasteiger partial charge on any atom is 0.241 e. The molecule has 2 aromatic carbocycles. The Bertz CT molecular complexity index is 1210. The third kappa shape index (κ3) is 6.00. The number of sulfonamides is 1. The fourth-order valence-corrected chi connectivity index (χ4v) is 4.65. The van der Waals surface area contributed by atoms with E-state index in [9.17, 15) is 13.7 Å². The lowest BCUT2D eigenvalue weighted by molar-refractivity contribution is 0.491. The molecule has 0 heterocycles. The average molecular weight is 439 g/mol. The van der Waals surface area contributed by atoms with Gasteiger partial charge in [-0.1, -0.05) is 48.6 Å². The second-order valence-corrected chi connectivity index (χ2v) is 10.0. The van der Waals surface area contributed by atoms with Crippen molar-refractivity contribution in [2.24, 2.45) is 0 Å². The van der Waals surface area contributed by atoms with Gasteiger partial charge in [0.2, 0.25) is 10.0 Å². The van der Waals surface area contributed by atoms with Crippen LogP contribution in [0.1, 0.15) is 40.2 Å². The van der Waals surface area contributed by atoms with Crippen LogP contribution in [0.2, 0.25) is 0 Å². The van der Waals surface area contributed by atoms with Gasteiger partial charge < -0.3 is 0 Å². The van der Waals surface area contributed by atoms with Gasteiger partial charge in [0.15, 0.2) is 0 Å². The largest absolute Gasteiger partial charge is 0.241 e. The molecule has 0 aliphatic heterocycles. The molecule has 2 aromatic rings. The summed E-state index contributed by atoms with van der Waals surface area (Å²) in [6, 6.07) is 13.1. The summed E-state index contributed by atoms with van der Waals surface area (Å²) in [7, 11) is -3.81. The minimum atomic E-state index is -3.81. The summed E-state index contributed by atoms with van der Waals surface area (Å²) in [5.74, 6) is -0.536. The predicted molar refractivity (Wildman–Crippen MR) is 124 cm³/mol. The normalized spacial score (nSPS) is 12.2. The van der Waals surface area contributed by atoms with Crippen LogP contribution < -0.4 is 4.72 Å². The van der Waals surface area contributed by atoms with E-state index in [1.807, 2.05) is 0 Å². The number of rotatable bonds is 6. The van der Waals surface area contributed by atoms with E-state index in [-0.39, 0.29) is 10.5 Å². The summed E-state index contributed by atoms with van der Waals surface area (Å²) >= 11 is 0. The first-order chi connectivity index (χ1) is 14.4. The van der Waals surface area contributed by atoms with Gasteiger partial charge in [0.25, 0.3) is 0 Å². The quantitative estimate of drug-likeness (QED) is 0.444. The van der Waals surface area contributed by atoms with Crippen LogP contribution in [0.25, 0.3) is 16.7 Å². The van der Waals surface area contributed by atoms with Crippen LogP contribution in [0.15, 0.2) is 77.2 Å². The molecule has 6 heteroatoms. The van der Waals surface area contributed by atoms with E-state index >= 15 is 4.39 Å². The summed E-state index contributed by atoms with van der Waals surface area (Å²) in [4.78, 5) is 0.0767. The molecule has 0 atom stereocenters. The number of benzene rings is 2. The molecule has 162 valence electrons. The molecule has 0 aliphatic carbocycles. The first-order valence-corrected chi connectivity index (χ1v) is 11.2. The SMILES string of the molecule is C=C/C(=C\C(C#N)=C(C)C)c1ccc(-c2ccccc2S(=O)(=O)NC(C)(C)C)cc1F. The lowest BCUT2D eigenvalue weighted by Gasteiger charge is -2.21. The Morgan fingerprint density at radius 2 is 1.81 bits per heavy atom. The molecule has 0 saturated heterocycles. The molecule has 4 nitrogen and oxygen atoms in total. The maximum atomic E-state index is 15.1. The highest BCUT2D eigenvalue weighted by atomic mass is 32.2. The molecular weight excluding hydrogens is 411 g/mol. The van der Waals surface area contributed by atoms with Gasteiger partial charge in [0, 0.05) is 16.7 Å². The first-order valence-electron chi connectivity index (χ1n) is 9.74. The average Bonchev–Trinajstić information content (AvgIpc) is 2.67. The van der Waals surface area contributed by atoms with Gasteiger partial charge >= 0.3 is 0 Å². The van der Waals surface area contributed by atoms with Crippen LogP contribution in [0.4, 0.5) is 4.39 Å². The van der Waals surface area contributed by atoms with Crippen molar-refractivity contribution in [3.05, 3.63) is 83.7 Å². The van der Waals surface area contributed by atoms with Crippen LogP contribution in [-0.2, 0) is 10.0 Å². The van der Waals surface area contributed by atoms with Crippen LogP contribution in [0, 0.1) is 17.1 Å². The van der Waals surface area contributed by atoms with E-state index < -0.39 is 21.4 Å². The molecule has 0 bridgehead atoms. The molecule has 0 aliphatic rings. The Morgan fingerprint density at radius 1 is 1.16 bits per heavy atom. The molecule has 0 amide bonds. The minimum absolute atomic E-state index is 0.0767. The van der Waals surface area contributed by atoms with Gasteiger partial charge in [-0.05, 0) is 64.0 Å². The lowest BCUT2D eigenvalue weighted by atomic mass is 9.97.